The minimum atomic E-state index is 0.968. The zero-order chi connectivity index (χ0) is 8.39. The van der Waals surface area contributed by atoms with Crippen LogP contribution in [0.25, 0.3) is 0 Å². The summed E-state index contributed by atoms with van der Waals surface area (Å²) in [6.07, 6.45) is 13.6. The molecule has 0 aromatic carbocycles. The van der Waals surface area contributed by atoms with Crippen molar-refractivity contribution in [3.05, 3.63) is 12.2 Å². The van der Waals surface area contributed by atoms with Gasteiger partial charge in [-0.15, -0.1) is 0 Å². The van der Waals surface area contributed by atoms with Crippen molar-refractivity contribution < 1.29 is 0 Å². The largest absolute Gasteiger partial charge is 0.0882 e. The fourth-order valence-electron chi connectivity index (χ4n) is 3.16. The van der Waals surface area contributed by atoms with Crippen LogP contribution in [0.15, 0.2) is 12.2 Å². The van der Waals surface area contributed by atoms with Crippen molar-refractivity contribution in [1.29, 1.82) is 0 Å². The summed E-state index contributed by atoms with van der Waals surface area (Å²) in [5.41, 5.74) is 0. The Hall–Kier alpha value is -0.260. The van der Waals surface area contributed by atoms with Crippen LogP contribution >= 0.6 is 0 Å². The van der Waals surface area contributed by atoms with Crippen LogP contribution in [-0.2, 0) is 0 Å². The molecule has 3 atom stereocenters. The van der Waals surface area contributed by atoms with Crippen LogP contribution in [0.4, 0.5) is 0 Å². The first-order chi connectivity index (χ1) is 5.92. The second-order valence-corrected chi connectivity index (χ2v) is 4.46. The van der Waals surface area contributed by atoms with E-state index in [1.54, 1.807) is 0 Å². The van der Waals surface area contributed by atoms with Crippen LogP contribution < -0.4 is 0 Å². The van der Waals surface area contributed by atoms with Gasteiger partial charge in [0.1, 0.15) is 0 Å². The summed E-state index contributed by atoms with van der Waals surface area (Å²) >= 11 is 0. The average molecular weight is 164 g/mol. The second kappa shape index (κ2) is 3.64. The standard InChI is InChI=1S/C12H20/c1-2-5-10-8-9-11-6-3-4-7-12(10)11/h3,6,10-12H,2,4-5,7-9H2,1H3. The van der Waals surface area contributed by atoms with E-state index in [9.17, 15) is 0 Å². The molecule has 2 aliphatic rings. The van der Waals surface area contributed by atoms with E-state index >= 15 is 0 Å². The Kier molecular flexibility index (Phi) is 2.53. The summed E-state index contributed by atoms with van der Waals surface area (Å²) in [7, 11) is 0. The third-order valence-corrected chi connectivity index (χ3v) is 3.74. The molecule has 0 nitrogen and oxygen atoms in total. The van der Waals surface area contributed by atoms with E-state index < -0.39 is 0 Å². The summed E-state index contributed by atoms with van der Waals surface area (Å²) in [5, 5.41) is 0. The zero-order valence-corrected chi connectivity index (χ0v) is 8.13. The Morgan fingerprint density at radius 3 is 3.00 bits per heavy atom. The number of fused-ring (bicyclic) bond motifs is 1. The molecule has 3 unspecified atom stereocenters. The highest BCUT2D eigenvalue weighted by Gasteiger charge is 2.34. The van der Waals surface area contributed by atoms with Gasteiger partial charge in [0, 0.05) is 0 Å². The molecule has 2 rings (SSSR count). The quantitative estimate of drug-likeness (QED) is 0.545. The zero-order valence-electron chi connectivity index (χ0n) is 8.13. The lowest BCUT2D eigenvalue weighted by atomic mass is 9.80. The van der Waals surface area contributed by atoms with Gasteiger partial charge in [-0.05, 0) is 43.4 Å². The van der Waals surface area contributed by atoms with E-state index in [0.717, 1.165) is 17.8 Å². The van der Waals surface area contributed by atoms with Gasteiger partial charge >= 0.3 is 0 Å². The SMILES string of the molecule is CCCC1CCC2C=CCCC21. The molecule has 0 amide bonds. The lowest BCUT2D eigenvalue weighted by Crippen LogP contribution is -2.15. The normalized spacial score (nSPS) is 39.9. The molecule has 0 heteroatoms. The van der Waals surface area contributed by atoms with E-state index in [4.69, 9.17) is 0 Å². The third kappa shape index (κ3) is 1.44. The highest BCUT2D eigenvalue weighted by molar-refractivity contribution is 5.02. The van der Waals surface area contributed by atoms with Gasteiger partial charge in [0.2, 0.25) is 0 Å². The van der Waals surface area contributed by atoms with Crippen molar-refractivity contribution in [1.82, 2.24) is 0 Å². The van der Waals surface area contributed by atoms with E-state index in [2.05, 4.69) is 19.1 Å². The molecule has 0 radical (unpaired) electrons. The Morgan fingerprint density at radius 1 is 1.25 bits per heavy atom. The van der Waals surface area contributed by atoms with Crippen LogP contribution in [0, 0.1) is 17.8 Å². The summed E-state index contributed by atoms with van der Waals surface area (Å²) < 4.78 is 0. The topological polar surface area (TPSA) is 0 Å². The van der Waals surface area contributed by atoms with E-state index in [1.165, 1.54) is 38.5 Å². The fourth-order valence-corrected chi connectivity index (χ4v) is 3.16. The lowest BCUT2D eigenvalue weighted by Gasteiger charge is -2.25. The van der Waals surface area contributed by atoms with E-state index in [-0.39, 0.29) is 0 Å². The molecule has 12 heavy (non-hydrogen) atoms. The Morgan fingerprint density at radius 2 is 2.17 bits per heavy atom. The fraction of sp³-hybridized carbons (Fsp3) is 0.833. The van der Waals surface area contributed by atoms with E-state index in [1.807, 2.05) is 0 Å². The predicted molar refractivity (Wildman–Crippen MR) is 53.0 cm³/mol. The molecule has 0 heterocycles. The molecule has 0 aromatic heterocycles. The number of allylic oxidation sites excluding steroid dienone is 2. The highest BCUT2D eigenvalue weighted by Crippen LogP contribution is 2.44. The maximum atomic E-state index is 2.49. The van der Waals surface area contributed by atoms with Crippen LogP contribution in [0.3, 0.4) is 0 Å². The van der Waals surface area contributed by atoms with Crippen molar-refractivity contribution in [2.75, 3.05) is 0 Å². The van der Waals surface area contributed by atoms with Gasteiger partial charge in [0.25, 0.3) is 0 Å². The highest BCUT2D eigenvalue weighted by atomic mass is 14.4. The maximum absolute atomic E-state index is 2.49. The first kappa shape index (κ1) is 8.34. The van der Waals surface area contributed by atoms with Crippen LogP contribution in [-0.4, -0.2) is 0 Å². The number of rotatable bonds is 2. The monoisotopic (exact) mass is 164 g/mol. The third-order valence-electron chi connectivity index (χ3n) is 3.74. The number of hydrogen-bond acceptors (Lipinski definition) is 0. The first-order valence-corrected chi connectivity index (χ1v) is 5.58. The van der Waals surface area contributed by atoms with Gasteiger partial charge in [-0.3, -0.25) is 0 Å². The van der Waals surface area contributed by atoms with E-state index in [0.29, 0.717) is 0 Å². The first-order valence-electron chi connectivity index (χ1n) is 5.58. The van der Waals surface area contributed by atoms with Crippen molar-refractivity contribution in [2.24, 2.45) is 17.8 Å². The van der Waals surface area contributed by atoms with Gasteiger partial charge in [0.15, 0.2) is 0 Å². The molecule has 2 aliphatic carbocycles. The number of hydrogen-bond donors (Lipinski definition) is 0. The minimum absolute atomic E-state index is 0.968. The molecule has 0 spiro atoms. The average Bonchev–Trinajstić information content (AvgIpc) is 2.50. The molecule has 0 aromatic rings. The van der Waals surface area contributed by atoms with Crippen molar-refractivity contribution in [3.8, 4) is 0 Å². The molecular weight excluding hydrogens is 144 g/mol. The summed E-state index contributed by atoms with van der Waals surface area (Å²) in [5.74, 6) is 3.11. The molecule has 0 saturated heterocycles. The van der Waals surface area contributed by atoms with Gasteiger partial charge in [-0.1, -0.05) is 31.9 Å². The van der Waals surface area contributed by atoms with Crippen LogP contribution in [0.2, 0.25) is 0 Å². The van der Waals surface area contributed by atoms with Crippen molar-refractivity contribution >= 4 is 0 Å². The van der Waals surface area contributed by atoms with Gasteiger partial charge in [-0.2, -0.15) is 0 Å². The molecule has 1 fully saturated rings. The Labute approximate surface area is 76.1 Å². The smallest absolute Gasteiger partial charge is 0.0202 e. The molecule has 0 N–H and O–H groups in total. The van der Waals surface area contributed by atoms with Crippen molar-refractivity contribution in [2.45, 2.75) is 45.4 Å². The Balaban J connectivity index is 1.98. The van der Waals surface area contributed by atoms with Gasteiger partial charge in [0.05, 0.1) is 0 Å². The molecule has 0 bridgehead atoms. The van der Waals surface area contributed by atoms with Gasteiger partial charge in [-0.25, -0.2) is 0 Å². The summed E-state index contributed by atoms with van der Waals surface area (Å²) in [6, 6.07) is 0. The molecule has 1 saturated carbocycles. The molecular formula is C12H20. The minimum Gasteiger partial charge on any atom is -0.0882 e. The van der Waals surface area contributed by atoms with Crippen LogP contribution in [0.1, 0.15) is 45.4 Å². The summed E-state index contributed by atoms with van der Waals surface area (Å²) in [4.78, 5) is 0. The lowest BCUT2D eigenvalue weighted by molar-refractivity contribution is 0.300. The molecule has 0 aliphatic heterocycles. The Bertz CT molecular complexity index is 169. The maximum Gasteiger partial charge on any atom is -0.0202 e. The predicted octanol–water partition coefficient (Wildman–Crippen LogP) is 3.78. The van der Waals surface area contributed by atoms with Crippen molar-refractivity contribution in [3.63, 3.8) is 0 Å². The van der Waals surface area contributed by atoms with Gasteiger partial charge < -0.3 is 0 Å². The van der Waals surface area contributed by atoms with Crippen LogP contribution in [0.5, 0.6) is 0 Å². The second-order valence-electron chi connectivity index (χ2n) is 4.46. The summed E-state index contributed by atoms with van der Waals surface area (Å²) in [6.45, 7) is 2.33. The molecule has 68 valence electrons.